The highest BCUT2D eigenvalue weighted by atomic mass is 16.5. The van der Waals surface area contributed by atoms with Gasteiger partial charge in [0.15, 0.2) is 0 Å². The Kier molecular flexibility index (Phi) is 4.22. The van der Waals surface area contributed by atoms with Crippen LogP contribution in [0.4, 0.5) is 0 Å². The molecule has 112 valence electrons. The summed E-state index contributed by atoms with van der Waals surface area (Å²) in [6, 6.07) is 8.25. The van der Waals surface area contributed by atoms with Crippen LogP contribution >= 0.6 is 0 Å². The van der Waals surface area contributed by atoms with E-state index in [-0.39, 0.29) is 12.6 Å². The maximum Gasteiger partial charge on any atom is 0.118 e. The summed E-state index contributed by atoms with van der Waals surface area (Å²) in [6.45, 7) is 3.39. The van der Waals surface area contributed by atoms with Crippen LogP contribution in [0.1, 0.15) is 5.56 Å². The molecule has 2 aliphatic heterocycles. The molecule has 0 unspecified atom stereocenters. The average Bonchev–Trinajstić information content (AvgIpc) is 2.55. The molecule has 1 N–H and O–H groups in total. The van der Waals surface area contributed by atoms with Gasteiger partial charge in [0.2, 0.25) is 0 Å². The molecule has 21 heavy (non-hydrogen) atoms. The second kappa shape index (κ2) is 6.28. The van der Waals surface area contributed by atoms with Gasteiger partial charge in [0, 0.05) is 25.3 Å². The molecule has 1 aromatic carbocycles. The Bertz CT molecular complexity index is 539. The number of aliphatic imine (C=N–C) groups is 1. The number of ether oxygens (including phenoxy) is 1. The normalized spacial score (nSPS) is 21.9. The van der Waals surface area contributed by atoms with E-state index in [1.807, 2.05) is 18.5 Å². The molecule has 0 radical (unpaired) electrons. The summed E-state index contributed by atoms with van der Waals surface area (Å²) in [7, 11) is 1.67. The Labute approximate surface area is 125 Å². The number of piperazine rings is 1. The molecule has 0 amide bonds. The highest BCUT2D eigenvalue weighted by Gasteiger charge is 2.29. The summed E-state index contributed by atoms with van der Waals surface area (Å²) in [6.07, 6.45) is 4.05. The van der Waals surface area contributed by atoms with Crippen molar-refractivity contribution in [2.24, 2.45) is 4.99 Å². The highest BCUT2D eigenvalue weighted by molar-refractivity contribution is 5.60. The summed E-state index contributed by atoms with van der Waals surface area (Å²) in [5.41, 5.74) is 2.51. The zero-order valence-electron chi connectivity index (χ0n) is 12.3. The maximum absolute atomic E-state index is 9.66. The van der Waals surface area contributed by atoms with E-state index in [2.05, 4.69) is 33.0 Å². The van der Waals surface area contributed by atoms with E-state index in [1.165, 1.54) is 11.3 Å². The number of benzene rings is 1. The van der Waals surface area contributed by atoms with Crippen LogP contribution in [0.15, 0.2) is 41.0 Å². The Balaban J connectivity index is 1.71. The fourth-order valence-corrected chi connectivity index (χ4v) is 2.82. The van der Waals surface area contributed by atoms with Crippen molar-refractivity contribution in [2.75, 3.05) is 33.4 Å². The van der Waals surface area contributed by atoms with Gasteiger partial charge >= 0.3 is 0 Å². The van der Waals surface area contributed by atoms with Crippen LogP contribution in [0, 0.1) is 0 Å². The molecule has 1 aromatic rings. The molecule has 0 spiro atoms. The first-order valence-corrected chi connectivity index (χ1v) is 7.23. The van der Waals surface area contributed by atoms with Gasteiger partial charge in [0.05, 0.1) is 32.6 Å². The Hall–Kier alpha value is -1.85. The SMILES string of the molecule is COc1ccc(CN2CC3=CCN=CN3C[C@@H]2CO)cc1. The van der Waals surface area contributed by atoms with Gasteiger partial charge in [-0.15, -0.1) is 0 Å². The van der Waals surface area contributed by atoms with Crippen LogP contribution in [0.25, 0.3) is 0 Å². The zero-order valence-corrected chi connectivity index (χ0v) is 12.3. The molecule has 2 aliphatic rings. The molecule has 3 rings (SSSR count). The van der Waals surface area contributed by atoms with Crippen LogP contribution in [-0.2, 0) is 6.54 Å². The second-order valence-electron chi connectivity index (χ2n) is 5.42. The molecule has 0 saturated carbocycles. The van der Waals surface area contributed by atoms with E-state index in [9.17, 15) is 5.11 Å². The van der Waals surface area contributed by atoms with Crippen molar-refractivity contribution in [1.29, 1.82) is 0 Å². The minimum atomic E-state index is 0.133. The lowest BCUT2D eigenvalue weighted by molar-refractivity contribution is 0.0823. The first kappa shape index (κ1) is 14.1. The summed E-state index contributed by atoms with van der Waals surface area (Å²) < 4.78 is 5.19. The molecular formula is C16H21N3O2. The maximum atomic E-state index is 9.66. The van der Waals surface area contributed by atoms with Crippen molar-refractivity contribution >= 4 is 6.34 Å². The van der Waals surface area contributed by atoms with Gasteiger partial charge in [0.1, 0.15) is 5.75 Å². The van der Waals surface area contributed by atoms with Crippen molar-refractivity contribution in [3.05, 3.63) is 41.6 Å². The van der Waals surface area contributed by atoms with Crippen molar-refractivity contribution in [1.82, 2.24) is 9.80 Å². The summed E-state index contributed by atoms with van der Waals surface area (Å²) in [5, 5.41) is 9.66. The van der Waals surface area contributed by atoms with E-state index in [0.29, 0.717) is 0 Å². The van der Waals surface area contributed by atoms with Gasteiger partial charge in [-0.05, 0) is 23.8 Å². The van der Waals surface area contributed by atoms with Crippen molar-refractivity contribution in [3.8, 4) is 5.75 Å². The van der Waals surface area contributed by atoms with Crippen LogP contribution < -0.4 is 4.74 Å². The third-order valence-corrected chi connectivity index (χ3v) is 4.07. The predicted molar refractivity (Wildman–Crippen MR) is 82.4 cm³/mol. The van der Waals surface area contributed by atoms with E-state index < -0.39 is 0 Å². The molecule has 5 nitrogen and oxygen atoms in total. The number of hydrogen-bond acceptors (Lipinski definition) is 5. The molecule has 2 heterocycles. The number of rotatable bonds is 4. The molecular weight excluding hydrogens is 266 g/mol. The fourth-order valence-electron chi connectivity index (χ4n) is 2.82. The molecule has 1 fully saturated rings. The van der Waals surface area contributed by atoms with Gasteiger partial charge in [-0.2, -0.15) is 0 Å². The first-order chi connectivity index (χ1) is 10.3. The van der Waals surface area contributed by atoms with Crippen molar-refractivity contribution in [3.63, 3.8) is 0 Å². The number of hydrogen-bond donors (Lipinski definition) is 1. The lowest BCUT2D eigenvalue weighted by atomic mass is 10.1. The van der Waals surface area contributed by atoms with Gasteiger partial charge in [-0.1, -0.05) is 12.1 Å². The van der Waals surface area contributed by atoms with Gasteiger partial charge in [-0.3, -0.25) is 9.89 Å². The third kappa shape index (κ3) is 3.09. The van der Waals surface area contributed by atoms with E-state index in [1.54, 1.807) is 7.11 Å². The topological polar surface area (TPSA) is 48.3 Å². The molecule has 5 heteroatoms. The molecule has 0 bridgehead atoms. The van der Waals surface area contributed by atoms with Crippen LogP contribution in [0.5, 0.6) is 5.75 Å². The molecule has 1 saturated heterocycles. The van der Waals surface area contributed by atoms with Gasteiger partial charge in [-0.25, -0.2) is 0 Å². The molecule has 0 aromatic heterocycles. The standard InChI is InChI=1S/C16H21N3O2/c1-21-16-4-2-13(3-5-16)8-18-9-14-6-7-17-12-19(14)10-15(18)11-20/h2-6,12,15,20H,7-11H2,1H3/t15-/m1/s1. The quantitative estimate of drug-likeness (QED) is 0.901. The Morgan fingerprint density at radius 1 is 1.33 bits per heavy atom. The minimum Gasteiger partial charge on any atom is -0.497 e. The number of nitrogens with zero attached hydrogens (tertiary/aromatic N) is 3. The van der Waals surface area contributed by atoms with Crippen LogP contribution in [0.3, 0.4) is 0 Å². The average molecular weight is 287 g/mol. The third-order valence-electron chi connectivity index (χ3n) is 4.07. The Morgan fingerprint density at radius 3 is 2.86 bits per heavy atom. The number of aliphatic hydroxyl groups excluding tert-OH is 1. The second-order valence-corrected chi connectivity index (χ2v) is 5.42. The Morgan fingerprint density at radius 2 is 2.14 bits per heavy atom. The number of aliphatic hydroxyl groups is 1. The largest absolute Gasteiger partial charge is 0.497 e. The minimum absolute atomic E-state index is 0.133. The van der Waals surface area contributed by atoms with E-state index in [0.717, 1.165) is 31.9 Å². The smallest absolute Gasteiger partial charge is 0.118 e. The summed E-state index contributed by atoms with van der Waals surface area (Å²) in [5.74, 6) is 0.869. The lowest BCUT2D eigenvalue weighted by Crippen LogP contribution is -2.53. The predicted octanol–water partition coefficient (Wildman–Crippen LogP) is 1.10. The number of fused-ring (bicyclic) bond motifs is 1. The van der Waals surface area contributed by atoms with E-state index in [4.69, 9.17) is 4.74 Å². The van der Waals surface area contributed by atoms with Crippen molar-refractivity contribution in [2.45, 2.75) is 12.6 Å². The zero-order chi connectivity index (χ0) is 14.7. The fraction of sp³-hybridized carbons (Fsp3) is 0.438. The first-order valence-electron chi connectivity index (χ1n) is 7.23. The van der Waals surface area contributed by atoms with Gasteiger partial charge < -0.3 is 14.7 Å². The van der Waals surface area contributed by atoms with Crippen LogP contribution in [-0.4, -0.2) is 60.6 Å². The van der Waals surface area contributed by atoms with Crippen LogP contribution in [0.2, 0.25) is 0 Å². The summed E-state index contributed by atoms with van der Waals surface area (Å²) >= 11 is 0. The number of methoxy groups -OCH3 is 1. The highest BCUT2D eigenvalue weighted by Crippen LogP contribution is 2.22. The monoisotopic (exact) mass is 287 g/mol. The van der Waals surface area contributed by atoms with E-state index >= 15 is 0 Å². The molecule has 1 atom stereocenters. The summed E-state index contributed by atoms with van der Waals surface area (Å²) in [4.78, 5) is 8.74. The van der Waals surface area contributed by atoms with Crippen molar-refractivity contribution < 1.29 is 9.84 Å². The van der Waals surface area contributed by atoms with Gasteiger partial charge in [0.25, 0.3) is 0 Å². The molecule has 0 aliphatic carbocycles. The lowest BCUT2D eigenvalue weighted by Gasteiger charge is -2.42.